The van der Waals surface area contributed by atoms with Crippen LogP contribution in [-0.4, -0.2) is 36.3 Å². The minimum absolute atomic E-state index is 0.0933. The summed E-state index contributed by atoms with van der Waals surface area (Å²) in [6, 6.07) is 0. The lowest BCUT2D eigenvalue weighted by atomic mass is 10.1. The predicted molar refractivity (Wildman–Crippen MR) is 53.7 cm³/mol. The summed E-state index contributed by atoms with van der Waals surface area (Å²) in [5.74, 6) is 0.222. The molecule has 14 heavy (non-hydrogen) atoms. The van der Waals surface area contributed by atoms with E-state index in [1.54, 1.807) is 0 Å². The van der Waals surface area contributed by atoms with Crippen LogP contribution < -0.4 is 5.32 Å². The molecule has 1 heterocycles. The Hall–Kier alpha value is -0.900. The van der Waals surface area contributed by atoms with Gasteiger partial charge in [-0.2, -0.15) is 0 Å². The van der Waals surface area contributed by atoms with E-state index >= 15 is 0 Å². The number of amides is 2. The maximum atomic E-state index is 11.4. The zero-order valence-electron chi connectivity index (χ0n) is 8.88. The zero-order chi connectivity index (χ0) is 10.6. The molecule has 0 aromatic carbocycles. The van der Waals surface area contributed by atoms with Crippen LogP contribution in [0, 0.1) is 5.92 Å². The molecule has 1 unspecified atom stereocenters. The highest BCUT2D eigenvalue weighted by Crippen LogP contribution is 2.09. The Bertz CT molecular complexity index is 212. The van der Waals surface area contributed by atoms with Crippen molar-refractivity contribution in [3.8, 4) is 0 Å². The van der Waals surface area contributed by atoms with Gasteiger partial charge >= 0.3 is 0 Å². The quantitative estimate of drug-likeness (QED) is 0.664. The first kappa shape index (κ1) is 11.2. The van der Waals surface area contributed by atoms with Gasteiger partial charge in [0.2, 0.25) is 11.8 Å². The standard InChI is InChI=1S/C10H18N2O2/c1-3-4-8(2)7-12-9(13)5-11-6-10(12)14/h8,11H,3-7H2,1-2H3. The van der Waals surface area contributed by atoms with Crippen molar-refractivity contribution in [1.29, 1.82) is 0 Å². The summed E-state index contributed by atoms with van der Waals surface area (Å²) in [6.07, 6.45) is 2.15. The first-order valence-electron chi connectivity index (χ1n) is 5.19. The lowest BCUT2D eigenvalue weighted by molar-refractivity contribution is -0.147. The highest BCUT2D eigenvalue weighted by atomic mass is 16.2. The number of hydrogen-bond donors (Lipinski definition) is 1. The maximum absolute atomic E-state index is 11.4. The van der Waals surface area contributed by atoms with Crippen molar-refractivity contribution in [2.45, 2.75) is 26.7 Å². The molecule has 0 aromatic rings. The summed E-state index contributed by atoms with van der Waals surface area (Å²) in [6.45, 7) is 5.35. The van der Waals surface area contributed by atoms with Crippen LogP contribution in [0.15, 0.2) is 0 Å². The van der Waals surface area contributed by atoms with E-state index in [9.17, 15) is 9.59 Å². The van der Waals surface area contributed by atoms with E-state index in [-0.39, 0.29) is 11.8 Å². The first-order chi connectivity index (χ1) is 6.65. The van der Waals surface area contributed by atoms with Crippen molar-refractivity contribution in [1.82, 2.24) is 10.2 Å². The summed E-state index contributed by atoms with van der Waals surface area (Å²) >= 11 is 0. The molecule has 80 valence electrons. The molecule has 0 spiro atoms. The van der Waals surface area contributed by atoms with Gasteiger partial charge in [0.1, 0.15) is 0 Å². The Morgan fingerprint density at radius 3 is 2.43 bits per heavy atom. The van der Waals surface area contributed by atoms with Gasteiger partial charge in [0.25, 0.3) is 0 Å². The molecule has 0 saturated carbocycles. The van der Waals surface area contributed by atoms with E-state index in [1.807, 2.05) is 0 Å². The SMILES string of the molecule is CCCC(C)CN1C(=O)CNCC1=O. The molecule has 1 N–H and O–H groups in total. The van der Waals surface area contributed by atoms with Crippen molar-refractivity contribution >= 4 is 11.8 Å². The van der Waals surface area contributed by atoms with Crippen LogP contribution in [0.4, 0.5) is 0 Å². The average Bonchev–Trinajstić information content (AvgIpc) is 2.12. The maximum Gasteiger partial charge on any atom is 0.243 e. The largest absolute Gasteiger partial charge is 0.300 e. The molecule has 1 saturated heterocycles. The number of carbonyl (C=O) groups is 2. The van der Waals surface area contributed by atoms with Crippen molar-refractivity contribution in [2.75, 3.05) is 19.6 Å². The van der Waals surface area contributed by atoms with E-state index in [0.29, 0.717) is 25.6 Å². The summed E-state index contributed by atoms with van der Waals surface area (Å²) in [5, 5.41) is 2.78. The van der Waals surface area contributed by atoms with Gasteiger partial charge in [0, 0.05) is 6.54 Å². The minimum atomic E-state index is -0.0933. The molecule has 0 radical (unpaired) electrons. The van der Waals surface area contributed by atoms with E-state index in [2.05, 4.69) is 19.2 Å². The molecule has 1 aliphatic heterocycles. The number of piperazine rings is 1. The van der Waals surface area contributed by atoms with Crippen molar-refractivity contribution in [3.05, 3.63) is 0 Å². The molecule has 2 amide bonds. The minimum Gasteiger partial charge on any atom is -0.300 e. The predicted octanol–water partition coefficient (Wildman–Crippen LogP) is 0.381. The fraction of sp³-hybridized carbons (Fsp3) is 0.800. The van der Waals surface area contributed by atoms with E-state index in [1.165, 1.54) is 4.90 Å². The Balaban J connectivity index is 2.47. The number of imide groups is 1. The highest BCUT2D eigenvalue weighted by molar-refractivity contribution is 5.99. The van der Waals surface area contributed by atoms with Gasteiger partial charge in [-0.25, -0.2) is 0 Å². The number of carbonyl (C=O) groups excluding carboxylic acids is 2. The second kappa shape index (κ2) is 5.10. The van der Waals surface area contributed by atoms with Crippen LogP contribution in [0.1, 0.15) is 26.7 Å². The van der Waals surface area contributed by atoms with Crippen LogP contribution in [-0.2, 0) is 9.59 Å². The summed E-state index contributed by atoms with van der Waals surface area (Å²) in [7, 11) is 0. The molecule has 1 atom stereocenters. The zero-order valence-corrected chi connectivity index (χ0v) is 8.88. The van der Waals surface area contributed by atoms with E-state index in [0.717, 1.165) is 12.8 Å². The third-order valence-corrected chi connectivity index (χ3v) is 2.43. The fourth-order valence-electron chi connectivity index (χ4n) is 1.71. The number of rotatable bonds is 4. The van der Waals surface area contributed by atoms with Gasteiger partial charge in [0.15, 0.2) is 0 Å². The van der Waals surface area contributed by atoms with Crippen LogP contribution in [0.25, 0.3) is 0 Å². The molecule has 1 aliphatic rings. The van der Waals surface area contributed by atoms with E-state index in [4.69, 9.17) is 0 Å². The lowest BCUT2D eigenvalue weighted by Crippen LogP contribution is -2.53. The third kappa shape index (κ3) is 2.80. The Morgan fingerprint density at radius 1 is 1.36 bits per heavy atom. The molecule has 0 aliphatic carbocycles. The van der Waals surface area contributed by atoms with Crippen LogP contribution >= 0.6 is 0 Å². The second-order valence-electron chi connectivity index (χ2n) is 3.90. The molecule has 0 aromatic heterocycles. The van der Waals surface area contributed by atoms with Crippen molar-refractivity contribution < 1.29 is 9.59 Å². The summed E-state index contributed by atoms with van der Waals surface area (Å²) in [4.78, 5) is 24.2. The molecule has 4 heteroatoms. The van der Waals surface area contributed by atoms with Gasteiger partial charge in [-0.15, -0.1) is 0 Å². The Kier molecular flexibility index (Phi) is 4.07. The van der Waals surface area contributed by atoms with Gasteiger partial charge in [0.05, 0.1) is 13.1 Å². The van der Waals surface area contributed by atoms with Crippen molar-refractivity contribution in [3.63, 3.8) is 0 Å². The normalized spacial score (nSPS) is 20.0. The van der Waals surface area contributed by atoms with Crippen LogP contribution in [0.5, 0.6) is 0 Å². The first-order valence-corrected chi connectivity index (χ1v) is 5.19. The topological polar surface area (TPSA) is 49.4 Å². The molecule has 1 rings (SSSR count). The number of hydrogen-bond acceptors (Lipinski definition) is 3. The number of nitrogens with one attached hydrogen (secondary N) is 1. The van der Waals surface area contributed by atoms with Gasteiger partial charge in [-0.3, -0.25) is 19.8 Å². The molecule has 4 nitrogen and oxygen atoms in total. The monoisotopic (exact) mass is 198 g/mol. The van der Waals surface area contributed by atoms with Crippen LogP contribution in [0.2, 0.25) is 0 Å². The van der Waals surface area contributed by atoms with Crippen molar-refractivity contribution in [2.24, 2.45) is 5.92 Å². The average molecular weight is 198 g/mol. The molecular weight excluding hydrogens is 180 g/mol. The van der Waals surface area contributed by atoms with Gasteiger partial charge in [-0.1, -0.05) is 20.3 Å². The second-order valence-corrected chi connectivity index (χ2v) is 3.90. The van der Waals surface area contributed by atoms with Crippen LogP contribution in [0.3, 0.4) is 0 Å². The Morgan fingerprint density at radius 2 is 1.93 bits per heavy atom. The lowest BCUT2D eigenvalue weighted by Gasteiger charge is -2.27. The summed E-state index contributed by atoms with van der Waals surface area (Å²) < 4.78 is 0. The molecular formula is C10H18N2O2. The van der Waals surface area contributed by atoms with Gasteiger partial charge < -0.3 is 0 Å². The summed E-state index contributed by atoms with van der Waals surface area (Å²) in [5.41, 5.74) is 0. The Labute approximate surface area is 84.7 Å². The highest BCUT2D eigenvalue weighted by Gasteiger charge is 2.26. The van der Waals surface area contributed by atoms with Gasteiger partial charge in [-0.05, 0) is 12.3 Å². The fourth-order valence-corrected chi connectivity index (χ4v) is 1.71. The number of nitrogens with zero attached hydrogens (tertiary/aromatic N) is 1. The molecule has 0 bridgehead atoms. The third-order valence-electron chi connectivity index (χ3n) is 2.43. The smallest absolute Gasteiger partial charge is 0.243 e. The molecule has 1 fully saturated rings. The van der Waals surface area contributed by atoms with E-state index < -0.39 is 0 Å².